The minimum Gasteiger partial charge on any atom is -0.360 e. The largest absolute Gasteiger partial charge is 0.360 e. The number of nitrogens with zero attached hydrogens (tertiary/aromatic N) is 4. The number of aliphatic imine (C=N–C) groups is 1. The SMILES string of the molecule is ONC(=Nc1ccc(F)c(Br)c1)c1nonc1NCc1cscn1. The van der Waals surface area contributed by atoms with Crippen molar-refractivity contribution < 1.29 is 14.2 Å². The Hall–Kier alpha value is -2.37. The van der Waals surface area contributed by atoms with Crippen molar-refractivity contribution >= 4 is 44.6 Å². The highest BCUT2D eigenvalue weighted by Gasteiger charge is 2.17. The summed E-state index contributed by atoms with van der Waals surface area (Å²) in [4.78, 5) is 8.31. The number of hydrogen-bond donors (Lipinski definition) is 3. The Morgan fingerprint density at radius 2 is 2.29 bits per heavy atom. The van der Waals surface area contributed by atoms with Gasteiger partial charge in [-0.1, -0.05) is 0 Å². The summed E-state index contributed by atoms with van der Waals surface area (Å²) in [5, 5.41) is 21.7. The molecule has 3 aromatic rings. The van der Waals surface area contributed by atoms with Gasteiger partial charge in [0.15, 0.2) is 11.5 Å². The fourth-order valence-electron chi connectivity index (χ4n) is 1.77. The van der Waals surface area contributed by atoms with Gasteiger partial charge >= 0.3 is 0 Å². The van der Waals surface area contributed by atoms with Gasteiger partial charge in [0.2, 0.25) is 5.82 Å². The Morgan fingerprint density at radius 3 is 3.00 bits per heavy atom. The summed E-state index contributed by atoms with van der Waals surface area (Å²) in [5.41, 5.74) is 5.06. The van der Waals surface area contributed by atoms with Crippen molar-refractivity contribution in [3.8, 4) is 0 Å². The standard InChI is InChI=1S/C13H10BrFN6O2S/c14-9-3-7(1-2-10(9)15)18-13(19-22)11-12(21-23-20-11)16-4-8-5-24-6-17-8/h1-3,5-6,22H,4H2,(H,16,21)(H,18,19). The molecular weight excluding hydrogens is 403 g/mol. The highest BCUT2D eigenvalue weighted by molar-refractivity contribution is 9.10. The number of hydrogen-bond acceptors (Lipinski definition) is 8. The summed E-state index contributed by atoms with van der Waals surface area (Å²) in [6.07, 6.45) is 0. The van der Waals surface area contributed by atoms with Crippen LogP contribution in [0.4, 0.5) is 15.9 Å². The van der Waals surface area contributed by atoms with Crippen LogP contribution >= 0.6 is 27.3 Å². The van der Waals surface area contributed by atoms with Gasteiger partial charge in [-0.25, -0.2) is 19.0 Å². The summed E-state index contributed by atoms with van der Waals surface area (Å²) < 4.78 is 18.2. The van der Waals surface area contributed by atoms with Crippen molar-refractivity contribution in [2.75, 3.05) is 5.32 Å². The molecule has 0 bridgehead atoms. The van der Waals surface area contributed by atoms with E-state index in [1.165, 1.54) is 29.5 Å². The molecule has 0 aliphatic heterocycles. The lowest BCUT2D eigenvalue weighted by atomic mass is 10.3. The molecule has 2 heterocycles. The number of hydroxylamine groups is 1. The second kappa shape index (κ2) is 7.47. The first kappa shape index (κ1) is 16.5. The maximum Gasteiger partial charge on any atom is 0.202 e. The van der Waals surface area contributed by atoms with Crippen LogP contribution in [0.3, 0.4) is 0 Å². The zero-order valence-corrected chi connectivity index (χ0v) is 14.3. The minimum atomic E-state index is -0.416. The van der Waals surface area contributed by atoms with Crippen molar-refractivity contribution in [2.45, 2.75) is 6.54 Å². The van der Waals surface area contributed by atoms with Crippen LogP contribution in [-0.4, -0.2) is 26.3 Å². The Morgan fingerprint density at radius 1 is 1.42 bits per heavy atom. The molecule has 0 saturated carbocycles. The first-order valence-corrected chi connectivity index (χ1v) is 8.28. The van der Waals surface area contributed by atoms with E-state index in [4.69, 9.17) is 4.63 Å². The molecule has 11 heteroatoms. The maximum atomic E-state index is 13.3. The quantitative estimate of drug-likeness (QED) is 0.335. The molecule has 0 aliphatic rings. The topological polar surface area (TPSA) is 108 Å². The molecule has 0 aliphatic carbocycles. The molecule has 0 radical (unpaired) electrons. The number of rotatable bonds is 5. The smallest absolute Gasteiger partial charge is 0.202 e. The van der Waals surface area contributed by atoms with E-state index < -0.39 is 5.82 Å². The van der Waals surface area contributed by atoms with Crippen LogP contribution < -0.4 is 10.8 Å². The second-order valence-corrected chi connectivity index (χ2v) is 6.04. The highest BCUT2D eigenvalue weighted by Crippen LogP contribution is 2.23. The third-order valence-corrected chi connectivity index (χ3v) is 4.13. The third-order valence-electron chi connectivity index (χ3n) is 2.88. The molecule has 0 spiro atoms. The molecule has 3 N–H and O–H groups in total. The zero-order valence-electron chi connectivity index (χ0n) is 11.9. The zero-order chi connectivity index (χ0) is 16.9. The van der Waals surface area contributed by atoms with E-state index in [1.807, 2.05) is 10.9 Å². The second-order valence-electron chi connectivity index (χ2n) is 4.47. The minimum absolute atomic E-state index is 0.00413. The summed E-state index contributed by atoms with van der Waals surface area (Å²) in [5.74, 6) is -0.138. The average Bonchev–Trinajstić information content (AvgIpc) is 3.25. The van der Waals surface area contributed by atoms with Gasteiger partial charge in [0.25, 0.3) is 0 Å². The van der Waals surface area contributed by atoms with Gasteiger partial charge in [-0.2, -0.15) is 0 Å². The molecule has 0 saturated heterocycles. The van der Waals surface area contributed by atoms with Gasteiger partial charge in [0.05, 0.1) is 27.9 Å². The van der Waals surface area contributed by atoms with Gasteiger partial charge in [0.1, 0.15) is 5.82 Å². The molecule has 0 amide bonds. The first-order valence-electron chi connectivity index (χ1n) is 6.55. The number of anilines is 1. The maximum absolute atomic E-state index is 13.3. The molecule has 0 atom stereocenters. The Kier molecular flexibility index (Phi) is 5.13. The number of amidine groups is 1. The summed E-state index contributed by atoms with van der Waals surface area (Å²) in [6, 6.07) is 4.16. The Balaban J connectivity index is 1.84. The predicted molar refractivity (Wildman–Crippen MR) is 89.0 cm³/mol. The molecule has 0 unspecified atom stereocenters. The van der Waals surface area contributed by atoms with Crippen molar-refractivity contribution in [3.05, 3.63) is 50.8 Å². The Labute approximate surface area is 147 Å². The van der Waals surface area contributed by atoms with E-state index in [9.17, 15) is 9.60 Å². The van der Waals surface area contributed by atoms with Gasteiger partial charge in [-0.15, -0.1) is 11.3 Å². The van der Waals surface area contributed by atoms with Crippen LogP contribution in [-0.2, 0) is 6.54 Å². The van der Waals surface area contributed by atoms with Crippen molar-refractivity contribution in [2.24, 2.45) is 4.99 Å². The van der Waals surface area contributed by atoms with Crippen molar-refractivity contribution in [3.63, 3.8) is 0 Å². The van der Waals surface area contributed by atoms with Crippen LogP contribution in [0.1, 0.15) is 11.4 Å². The normalized spacial score (nSPS) is 11.5. The van der Waals surface area contributed by atoms with Crippen LogP contribution in [0, 0.1) is 5.82 Å². The predicted octanol–water partition coefficient (Wildman–Crippen LogP) is 3.10. The van der Waals surface area contributed by atoms with E-state index in [0.717, 1.165) is 5.69 Å². The lowest BCUT2D eigenvalue weighted by Crippen LogP contribution is -2.22. The molecule has 1 aromatic carbocycles. The van der Waals surface area contributed by atoms with Crippen LogP contribution in [0.15, 0.2) is 43.2 Å². The fourth-order valence-corrected chi connectivity index (χ4v) is 2.70. The molecular formula is C13H10BrFN6O2S. The number of benzene rings is 1. The Bertz CT molecular complexity index is 854. The van der Waals surface area contributed by atoms with Gasteiger partial charge in [-0.05, 0) is 44.4 Å². The summed E-state index contributed by atoms with van der Waals surface area (Å²) in [7, 11) is 0. The van der Waals surface area contributed by atoms with Crippen molar-refractivity contribution in [1.82, 2.24) is 20.8 Å². The molecule has 8 nitrogen and oxygen atoms in total. The van der Waals surface area contributed by atoms with E-state index >= 15 is 0 Å². The summed E-state index contributed by atoms with van der Waals surface area (Å²) >= 11 is 4.55. The van der Waals surface area contributed by atoms with Gasteiger partial charge < -0.3 is 5.32 Å². The molecule has 3 rings (SSSR count). The summed E-state index contributed by atoms with van der Waals surface area (Å²) in [6.45, 7) is 0.408. The van der Waals surface area contributed by atoms with Crippen LogP contribution in [0.25, 0.3) is 0 Å². The van der Waals surface area contributed by atoms with E-state index in [1.54, 1.807) is 5.51 Å². The van der Waals surface area contributed by atoms with E-state index in [0.29, 0.717) is 12.2 Å². The van der Waals surface area contributed by atoms with Crippen LogP contribution in [0.2, 0.25) is 0 Å². The monoisotopic (exact) mass is 412 g/mol. The van der Waals surface area contributed by atoms with E-state index in [-0.39, 0.29) is 21.8 Å². The number of aromatic nitrogens is 3. The van der Waals surface area contributed by atoms with Crippen LogP contribution in [0.5, 0.6) is 0 Å². The molecule has 2 aromatic heterocycles. The van der Waals surface area contributed by atoms with Crippen molar-refractivity contribution in [1.29, 1.82) is 0 Å². The first-order chi connectivity index (χ1) is 11.7. The number of nitrogens with one attached hydrogen (secondary N) is 2. The number of thiazole rings is 1. The lowest BCUT2D eigenvalue weighted by Gasteiger charge is -2.05. The number of halogens is 2. The van der Waals surface area contributed by atoms with Gasteiger partial charge in [0, 0.05) is 5.38 Å². The molecule has 24 heavy (non-hydrogen) atoms. The molecule has 124 valence electrons. The lowest BCUT2D eigenvalue weighted by molar-refractivity contribution is 0.234. The highest BCUT2D eigenvalue weighted by atomic mass is 79.9. The molecule has 0 fully saturated rings. The van der Waals surface area contributed by atoms with Gasteiger partial charge in [-0.3, -0.25) is 10.7 Å². The third kappa shape index (κ3) is 3.75. The van der Waals surface area contributed by atoms with E-state index in [2.05, 4.69) is 41.5 Å². The fraction of sp³-hybridized carbons (Fsp3) is 0.0769. The average molecular weight is 413 g/mol.